The maximum atomic E-state index is 5.94. The first-order valence-corrected chi connectivity index (χ1v) is 7.84. The molecule has 3 nitrogen and oxygen atoms in total. The molecular weight excluding hydrogens is 324 g/mol. The molecule has 0 aliphatic rings. The Morgan fingerprint density at radius 1 is 1.47 bits per heavy atom. The highest BCUT2D eigenvalue weighted by Gasteiger charge is 2.11. The highest BCUT2D eigenvalue weighted by atomic mass is 79.9. The third-order valence-electron chi connectivity index (χ3n) is 2.71. The predicted molar refractivity (Wildman–Crippen MR) is 82.7 cm³/mol. The number of nitrogens with two attached hydrogens (primary N) is 1. The lowest BCUT2D eigenvalue weighted by molar-refractivity contribution is 0.296. The van der Waals surface area contributed by atoms with E-state index in [9.17, 15) is 0 Å². The Hall–Kier alpha value is -0.910. The third-order valence-corrected chi connectivity index (χ3v) is 3.80. The zero-order chi connectivity index (χ0) is 13.8. The van der Waals surface area contributed by atoms with Crippen molar-refractivity contribution in [2.24, 2.45) is 5.73 Å². The summed E-state index contributed by atoms with van der Waals surface area (Å²) in [6.45, 7) is 4.55. The number of aryl methyl sites for hydroxylation is 1. The van der Waals surface area contributed by atoms with Gasteiger partial charge in [-0.15, -0.1) is 11.3 Å². The molecule has 0 saturated carbocycles. The van der Waals surface area contributed by atoms with E-state index in [2.05, 4.69) is 33.0 Å². The highest BCUT2D eigenvalue weighted by Crippen LogP contribution is 2.29. The van der Waals surface area contributed by atoms with Crippen LogP contribution in [0.1, 0.15) is 23.7 Å². The van der Waals surface area contributed by atoms with Gasteiger partial charge in [-0.05, 0) is 43.5 Å². The molecule has 1 aromatic carbocycles. The highest BCUT2D eigenvalue weighted by molar-refractivity contribution is 9.10. The van der Waals surface area contributed by atoms with Gasteiger partial charge in [-0.3, -0.25) is 0 Å². The summed E-state index contributed by atoms with van der Waals surface area (Å²) in [5, 5.41) is 2.00. The van der Waals surface area contributed by atoms with Gasteiger partial charge >= 0.3 is 0 Å². The van der Waals surface area contributed by atoms with Gasteiger partial charge in [0.25, 0.3) is 0 Å². The van der Waals surface area contributed by atoms with Crippen molar-refractivity contribution in [3.63, 3.8) is 0 Å². The van der Waals surface area contributed by atoms with E-state index in [1.807, 2.05) is 24.7 Å². The minimum Gasteiger partial charge on any atom is -0.487 e. The molecule has 0 amide bonds. The first-order valence-electron chi connectivity index (χ1n) is 6.10. The summed E-state index contributed by atoms with van der Waals surface area (Å²) in [6, 6.07) is 4.24. The van der Waals surface area contributed by atoms with Gasteiger partial charge in [-0.1, -0.05) is 15.9 Å². The molecule has 2 N–H and O–H groups in total. The van der Waals surface area contributed by atoms with Crippen LogP contribution in [0.5, 0.6) is 5.75 Å². The van der Waals surface area contributed by atoms with Crippen LogP contribution in [-0.4, -0.2) is 11.0 Å². The summed E-state index contributed by atoms with van der Waals surface area (Å²) >= 11 is 5.10. The van der Waals surface area contributed by atoms with Crippen LogP contribution < -0.4 is 10.5 Å². The number of benzene rings is 1. The van der Waals surface area contributed by atoms with E-state index in [0.717, 1.165) is 33.5 Å². The number of hydrogen-bond acceptors (Lipinski definition) is 4. The lowest BCUT2D eigenvalue weighted by Gasteiger charge is -2.15. The molecular formula is C14H17BrN2OS. The molecule has 102 valence electrons. The molecule has 5 heteroatoms. The molecule has 0 aliphatic carbocycles. The number of thiazole rings is 1. The van der Waals surface area contributed by atoms with Gasteiger partial charge in [0.05, 0.1) is 11.2 Å². The lowest BCUT2D eigenvalue weighted by Crippen LogP contribution is -2.18. The Balaban J connectivity index is 2.21. The van der Waals surface area contributed by atoms with E-state index in [4.69, 9.17) is 10.5 Å². The summed E-state index contributed by atoms with van der Waals surface area (Å²) in [5.74, 6) is 0.925. The summed E-state index contributed by atoms with van der Waals surface area (Å²) in [4.78, 5) is 4.23. The standard InChI is InChI=1S/C14H17BrN2OS/c1-9-3-12(15)5-11(4-10(2)16)14(9)18-6-13-7-19-8-17-13/h3,5,7-8,10H,4,6,16H2,1-2H3. The third kappa shape index (κ3) is 4.03. The second kappa shape index (κ2) is 6.50. The van der Waals surface area contributed by atoms with E-state index in [0.29, 0.717) is 6.61 Å². The number of aromatic nitrogens is 1. The van der Waals surface area contributed by atoms with Gasteiger partial charge in [-0.2, -0.15) is 0 Å². The first kappa shape index (κ1) is 14.5. The Bertz CT molecular complexity index is 541. The van der Waals surface area contributed by atoms with Crippen molar-refractivity contribution in [2.75, 3.05) is 0 Å². The van der Waals surface area contributed by atoms with Gasteiger partial charge < -0.3 is 10.5 Å². The van der Waals surface area contributed by atoms with Gasteiger partial charge in [0.2, 0.25) is 0 Å². The van der Waals surface area contributed by atoms with Crippen molar-refractivity contribution in [1.29, 1.82) is 0 Å². The molecule has 0 aliphatic heterocycles. The van der Waals surface area contributed by atoms with Crippen molar-refractivity contribution in [3.05, 3.63) is 44.3 Å². The Morgan fingerprint density at radius 3 is 2.89 bits per heavy atom. The van der Waals surface area contributed by atoms with Gasteiger partial charge in [0, 0.05) is 15.9 Å². The zero-order valence-corrected chi connectivity index (χ0v) is 13.4. The molecule has 2 aromatic rings. The van der Waals surface area contributed by atoms with Crippen molar-refractivity contribution in [3.8, 4) is 5.75 Å². The van der Waals surface area contributed by atoms with Crippen LogP contribution in [0.4, 0.5) is 0 Å². The molecule has 0 bridgehead atoms. The maximum Gasteiger partial charge on any atom is 0.131 e. The summed E-state index contributed by atoms with van der Waals surface area (Å²) in [6.07, 6.45) is 0.798. The fraction of sp³-hybridized carbons (Fsp3) is 0.357. The van der Waals surface area contributed by atoms with Crippen LogP contribution in [0.25, 0.3) is 0 Å². The monoisotopic (exact) mass is 340 g/mol. The first-order chi connectivity index (χ1) is 9.06. The van der Waals surface area contributed by atoms with Crippen molar-refractivity contribution in [2.45, 2.75) is 32.9 Å². The van der Waals surface area contributed by atoms with Gasteiger partial charge in [0.1, 0.15) is 12.4 Å². The number of ether oxygens (including phenoxy) is 1. The normalized spacial score (nSPS) is 12.4. The van der Waals surface area contributed by atoms with Crippen LogP contribution in [0.3, 0.4) is 0 Å². The molecule has 2 rings (SSSR count). The SMILES string of the molecule is Cc1cc(Br)cc(CC(C)N)c1OCc1cscn1. The molecule has 1 heterocycles. The summed E-state index contributed by atoms with van der Waals surface area (Å²) in [5.41, 5.74) is 10.9. The van der Waals surface area contributed by atoms with Crippen LogP contribution in [0, 0.1) is 6.92 Å². The van der Waals surface area contributed by atoms with E-state index in [-0.39, 0.29) is 6.04 Å². The second-order valence-corrected chi connectivity index (χ2v) is 6.30. The maximum absolute atomic E-state index is 5.94. The Morgan fingerprint density at radius 2 is 2.26 bits per heavy atom. The molecule has 1 aromatic heterocycles. The number of halogens is 1. The van der Waals surface area contributed by atoms with Crippen molar-refractivity contribution in [1.82, 2.24) is 4.98 Å². The van der Waals surface area contributed by atoms with Gasteiger partial charge in [0.15, 0.2) is 0 Å². The summed E-state index contributed by atoms with van der Waals surface area (Å²) in [7, 11) is 0. The molecule has 19 heavy (non-hydrogen) atoms. The molecule has 1 atom stereocenters. The van der Waals surface area contributed by atoms with E-state index in [1.54, 1.807) is 11.3 Å². The molecule has 0 saturated heterocycles. The molecule has 0 fully saturated rings. The number of rotatable bonds is 5. The van der Waals surface area contributed by atoms with Crippen LogP contribution in [0.2, 0.25) is 0 Å². The minimum atomic E-state index is 0.107. The van der Waals surface area contributed by atoms with E-state index in [1.165, 1.54) is 0 Å². The Labute approximate surface area is 125 Å². The predicted octanol–water partition coefficient (Wildman–Crippen LogP) is 3.68. The quantitative estimate of drug-likeness (QED) is 0.902. The smallest absolute Gasteiger partial charge is 0.131 e. The van der Waals surface area contributed by atoms with E-state index >= 15 is 0 Å². The number of nitrogens with zero attached hydrogens (tertiary/aromatic N) is 1. The molecule has 0 spiro atoms. The summed E-state index contributed by atoms with van der Waals surface area (Å²) < 4.78 is 6.99. The molecule has 1 unspecified atom stereocenters. The molecule has 0 radical (unpaired) electrons. The largest absolute Gasteiger partial charge is 0.487 e. The minimum absolute atomic E-state index is 0.107. The fourth-order valence-corrected chi connectivity index (χ4v) is 3.12. The van der Waals surface area contributed by atoms with Crippen LogP contribution in [0.15, 0.2) is 27.5 Å². The Kier molecular flexibility index (Phi) is 4.96. The average Bonchev–Trinajstić information content (AvgIpc) is 2.79. The average molecular weight is 341 g/mol. The van der Waals surface area contributed by atoms with Crippen molar-refractivity contribution < 1.29 is 4.74 Å². The fourth-order valence-electron chi connectivity index (χ4n) is 1.96. The van der Waals surface area contributed by atoms with E-state index < -0.39 is 0 Å². The second-order valence-electron chi connectivity index (χ2n) is 4.66. The van der Waals surface area contributed by atoms with Gasteiger partial charge in [-0.25, -0.2) is 4.98 Å². The van der Waals surface area contributed by atoms with Crippen LogP contribution in [-0.2, 0) is 13.0 Å². The van der Waals surface area contributed by atoms with Crippen molar-refractivity contribution >= 4 is 27.3 Å². The topological polar surface area (TPSA) is 48.1 Å². The zero-order valence-electron chi connectivity index (χ0n) is 11.0. The van der Waals surface area contributed by atoms with Crippen LogP contribution >= 0.6 is 27.3 Å². The number of hydrogen-bond donors (Lipinski definition) is 1. The lowest BCUT2D eigenvalue weighted by atomic mass is 10.0.